The summed E-state index contributed by atoms with van der Waals surface area (Å²) in [7, 11) is 4.36. The fourth-order valence-corrected chi connectivity index (χ4v) is 3.83. The first-order valence-electron chi connectivity index (χ1n) is 7.61. The second-order valence-electron chi connectivity index (χ2n) is 6.64. The Hall–Kier alpha value is -0.570. The van der Waals surface area contributed by atoms with Gasteiger partial charge in [-0.1, -0.05) is 43.5 Å². The van der Waals surface area contributed by atoms with Gasteiger partial charge < -0.3 is 10.6 Å². The summed E-state index contributed by atoms with van der Waals surface area (Å²) < 4.78 is 0. The fourth-order valence-electron chi connectivity index (χ4n) is 3.70. The standard InChI is InChI=1S/C17H27ClN2/c1-13-5-4-10-17(12-13,20(2)3)16(19)11-14-6-8-15(18)9-7-14/h6-9,13,16H,4-5,10-12,19H2,1-3H3. The highest BCUT2D eigenvalue weighted by atomic mass is 35.5. The van der Waals surface area contributed by atoms with Crippen LogP contribution in [0.2, 0.25) is 5.02 Å². The monoisotopic (exact) mass is 294 g/mol. The minimum absolute atomic E-state index is 0.136. The molecular formula is C17H27ClN2. The summed E-state index contributed by atoms with van der Waals surface area (Å²) >= 11 is 5.95. The largest absolute Gasteiger partial charge is 0.326 e. The maximum Gasteiger partial charge on any atom is 0.0406 e. The molecule has 1 aliphatic rings. The van der Waals surface area contributed by atoms with Crippen LogP contribution in [0, 0.1) is 5.92 Å². The molecule has 1 saturated carbocycles. The molecule has 1 aromatic carbocycles. The van der Waals surface area contributed by atoms with Gasteiger partial charge in [0.2, 0.25) is 0 Å². The molecule has 0 radical (unpaired) electrons. The molecule has 1 aromatic rings. The lowest BCUT2D eigenvalue weighted by Gasteiger charge is -2.49. The van der Waals surface area contributed by atoms with Gasteiger partial charge in [0.15, 0.2) is 0 Å². The third-order valence-electron chi connectivity index (χ3n) is 4.96. The van der Waals surface area contributed by atoms with Gasteiger partial charge in [-0.05, 0) is 57.0 Å². The zero-order valence-corrected chi connectivity index (χ0v) is 13.7. The van der Waals surface area contributed by atoms with Crippen LogP contribution in [0.3, 0.4) is 0 Å². The molecule has 0 heterocycles. The maximum absolute atomic E-state index is 6.64. The van der Waals surface area contributed by atoms with Crippen molar-refractivity contribution < 1.29 is 0 Å². The molecule has 3 atom stereocenters. The minimum atomic E-state index is 0.136. The second kappa shape index (κ2) is 6.46. The Morgan fingerprint density at radius 2 is 2.00 bits per heavy atom. The minimum Gasteiger partial charge on any atom is -0.326 e. The van der Waals surface area contributed by atoms with Crippen LogP contribution in [-0.2, 0) is 6.42 Å². The molecule has 0 bridgehead atoms. The number of rotatable bonds is 4. The van der Waals surface area contributed by atoms with E-state index < -0.39 is 0 Å². The maximum atomic E-state index is 6.64. The highest BCUT2D eigenvalue weighted by Gasteiger charge is 2.41. The molecule has 3 unspecified atom stereocenters. The number of benzene rings is 1. The Labute approximate surface area is 128 Å². The lowest BCUT2D eigenvalue weighted by Crippen LogP contribution is -2.60. The molecule has 0 spiro atoms. The predicted octanol–water partition coefficient (Wildman–Crippen LogP) is 3.72. The average molecular weight is 295 g/mol. The zero-order chi connectivity index (χ0) is 14.8. The van der Waals surface area contributed by atoms with Crippen molar-refractivity contribution in [3.63, 3.8) is 0 Å². The number of hydrogen-bond acceptors (Lipinski definition) is 2. The van der Waals surface area contributed by atoms with Crippen molar-refractivity contribution in [2.24, 2.45) is 11.7 Å². The second-order valence-corrected chi connectivity index (χ2v) is 7.07. The number of nitrogens with two attached hydrogens (primary N) is 1. The van der Waals surface area contributed by atoms with E-state index in [1.807, 2.05) is 12.1 Å². The van der Waals surface area contributed by atoms with E-state index in [0.29, 0.717) is 0 Å². The van der Waals surface area contributed by atoms with Crippen LogP contribution >= 0.6 is 11.6 Å². The van der Waals surface area contributed by atoms with Crippen molar-refractivity contribution in [2.45, 2.75) is 50.6 Å². The summed E-state index contributed by atoms with van der Waals surface area (Å²) in [4.78, 5) is 2.36. The van der Waals surface area contributed by atoms with Gasteiger partial charge in [-0.25, -0.2) is 0 Å². The fraction of sp³-hybridized carbons (Fsp3) is 0.647. The van der Waals surface area contributed by atoms with E-state index in [1.54, 1.807) is 0 Å². The van der Waals surface area contributed by atoms with Gasteiger partial charge >= 0.3 is 0 Å². The van der Waals surface area contributed by atoms with E-state index >= 15 is 0 Å². The topological polar surface area (TPSA) is 29.3 Å². The predicted molar refractivity (Wildman–Crippen MR) is 87.2 cm³/mol. The van der Waals surface area contributed by atoms with E-state index in [1.165, 1.54) is 31.2 Å². The first kappa shape index (κ1) is 15.8. The molecule has 20 heavy (non-hydrogen) atoms. The summed E-state index contributed by atoms with van der Waals surface area (Å²) in [6, 6.07) is 8.27. The van der Waals surface area contributed by atoms with Crippen LogP contribution in [0.4, 0.5) is 0 Å². The Kier molecular flexibility index (Phi) is 5.11. The van der Waals surface area contributed by atoms with Crippen LogP contribution in [-0.4, -0.2) is 30.6 Å². The molecule has 3 heteroatoms. The quantitative estimate of drug-likeness (QED) is 0.917. The van der Waals surface area contributed by atoms with Crippen molar-refractivity contribution in [3.05, 3.63) is 34.9 Å². The third-order valence-corrected chi connectivity index (χ3v) is 5.21. The third kappa shape index (κ3) is 3.36. The number of halogens is 1. The van der Waals surface area contributed by atoms with Crippen LogP contribution in [0.25, 0.3) is 0 Å². The molecular weight excluding hydrogens is 268 g/mol. The van der Waals surface area contributed by atoms with Crippen molar-refractivity contribution in [1.29, 1.82) is 0 Å². The molecule has 2 nitrogen and oxygen atoms in total. The molecule has 112 valence electrons. The normalized spacial score (nSPS) is 28.6. The summed E-state index contributed by atoms with van der Waals surface area (Å²) in [5.74, 6) is 0.766. The van der Waals surface area contributed by atoms with Gasteiger partial charge in [-0.15, -0.1) is 0 Å². The molecule has 0 aromatic heterocycles. The molecule has 1 fully saturated rings. The van der Waals surface area contributed by atoms with Crippen LogP contribution in [0.5, 0.6) is 0 Å². The molecule has 2 N–H and O–H groups in total. The van der Waals surface area contributed by atoms with Crippen LogP contribution in [0.15, 0.2) is 24.3 Å². The summed E-state index contributed by atoms with van der Waals surface area (Å²) in [5, 5.41) is 0.788. The van der Waals surface area contributed by atoms with Gasteiger partial charge in [0.05, 0.1) is 0 Å². The summed E-state index contributed by atoms with van der Waals surface area (Å²) in [6.07, 6.45) is 5.95. The lowest BCUT2D eigenvalue weighted by atomic mass is 9.70. The number of likely N-dealkylation sites (N-methyl/N-ethyl adjacent to an activating group) is 1. The zero-order valence-electron chi connectivity index (χ0n) is 12.9. The van der Waals surface area contributed by atoms with E-state index in [9.17, 15) is 0 Å². The average Bonchev–Trinajstić information content (AvgIpc) is 2.41. The molecule has 1 aliphatic carbocycles. The SMILES string of the molecule is CC1CCCC(C(N)Cc2ccc(Cl)cc2)(N(C)C)C1. The van der Waals surface area contributed by atoms with E-state index in [2.05, 4.69) is 38.1 Å². The molecule has 0 saturated heterocycles. The van der Waals surface area contributed by atoms with E-state index in [0.717, 1.165) is 17.4 Å². The number of nitrogens with zero attached hydrogens (tertiary/aromatic N) is 1. The van der Waals surface area contributed by atoms with Crippen molar-refractivity contribution in [3.8, 4) is 0 Å². The first-order chi connectivity index (χ1) is 9.44. The Morgan fingerprint density at radius 1 is 1.35 bits per heavy atom. The van der Waals surface area contributed by atoms with Gasteiger partial charge in [0.1, 0.15) is 0 Å². The van der Waals surface area contributed by atoms with Crippen molar-refractivity contribution in [1.82, 2.24) is 4.90 Å². The molecule has 0 aliphatic heterocycles. The summed E-state index contributed by atoms with van der Waals surface area (Å²) in [5.41, 5.74) is 8.06. The molecule has 0 amide bonds. The summed E-state index contributed by atoms with van der Waals surface area (Å²) in [6.45, 7) is 2.35. The Balaban J connectivity index is 2.14. The van der Waals surface area contributed by atoms with Crippen molar-refractivity contribution >= 4 is 11.6 Å². The van der Waals surface area contributed by atoms with Crippen molar-refractivity contribution in [2.75, 3.05) is 14.1 Å². The van der Waals surface area contributed by atoms with Gasteiger partial charge in [0.25, 0.3) is 0 Å². The van der Waals surface area contributed by atoms with E-state index in [4.69, 9.17) is 17.3 Å². The Bertz CT molecular complexity index is 429. The lowest BCUT2D eigenvalue weighted by molar-refractivity contribution is 0.0504. The van der Waals surface area contributed by atoms with Gasteiger partial charge in [0, 0.05) is 16.6 Å². The van der Waals surface area contributed by atoms with E-state index in [-0.39, 0.29) is 11.6 Å². The smallest absolute Gasteiger partial charge is 0.0406 e. The van der Waals surface area contributed by atoms with Crippen LogP contribution < -0.4 is 5.73 Å². The number of hydrogen-bond donors (Lipinski definition) is 1. The highest BCUT2D eigenvalue weighted by molar-refractivity contribution is 6.30. The first-order valence-corrected chi connectivity index (χ1v) is 7.99. The molecule has 2 rings (SSSR count). The van der Waals surface area contributed by atoms with Gasteiger partial charge in [-0.2, -0.15) is 0 Å². The van der Waals surface area contributed by atoms with Crippen LogP contribution in [0.1, 0.15) is 38.2 Å². The van der Waals surface area contributed by atoms with Gasteiger partial charge in [-0.3, -0.25) is 0 Å². The Morgan fingerprint density at radius 3 is 2.55 bits per heavy atom. The highest BCUT2D eigenvalue weighted by Crippen LogP contribution is 2.38.